The summed E-state index contributed by atoms with van der Waals surface area (Å²) >= 11 is 12.3. The van der Waals surface area contributed by atoms with Gasteiger partial charge in [0.05, 0.1) is 11.0 Å². The molecule has 0 aliphatic heterocycles. The van der Waals surface area contributed by atoms with Crippen LogP contribution in [0.1, 0.15) is 60.2 Å². The van der Waals surface area contributed by atoms with Gasteiger partial charge in [-0.2, -0.15) is 0 Å². The molecule has 0 radical (unpaired) electrons. The zero-order chi connectivity index (χ0) is 34.7. The van der Waals surface area contributed by atoms with Gasteiger partial charge in [0.15, 0.2) is 6.10 Å². The normalized spacial score (nSPS) is 12.2. The van der Waals surface area contributed by atoms with Crippen LogP contribution >= 0.6 is 23.2 Å². The molecular weight excluding hydrogens is 649 g/mol. The zero-order valence-corrected chi connectivity index (χ0v) is 29.3. The predicted molar refractivity (Wildman–Crippen MR) is 191 cm³/mol. The van der Waals surface area contributed by atoms with Gasteiger partial charge in [0.25, 0.3) is 0 Å². The van der Waals surface area contributed by atoms with Gasteiger partial charge in [-0.25, -0.2) is 4.79 Å². The zero-order valence-electron chi connectivity index (χ0n) is 27.8. The Bertz CT molecular complexity index is 1560. The van der Waals surface area contributed by atoms with Gasteiger partial charge in [-0.1, -0.05) is 59.6 Å². The summed E-state index contributed by atoms with van der Waals surface area (Å²) in [6, 6.07) is 30.1. The molecule has 254 valence electrons. The number of esters is 1. The molecule has 0 amide bonds. The van der Waals surface area contributed by atoms with E-state index < -0.39 is 17.5 Å². The fourth-order valence-electron chi connectivity index (χ4n) is 5.02. The minimum Gasteiger partial charge on any atom is -0.490 e. The monoisotopic (exact) mass is 691 g/mol. The SMILES string of the molecule is CN(CCCc1ccc(OCC(COc2ccc(C(=O)O)cc2)OC(=O)C(C)(C)C)cc1)CC(c1ccc(Cl)cc1)c1ccc(Cl)cc1. The Morgan fingerprint density at radius 1 is 0.750 bits per heavy atom. The van der Waals surface area contributed by atoms with Gasteiger partial charge in [-0.3, -0.25) is 4.79 Å². The minimum absolute atomic E-state index is 0.0523. The lowest BCUT2D eigenvalue weighted by Gasteiger charge is -2.25. The number of carbonyl (C=O) groups excluding carboxylic acids is 1. The maximum absolute atomic E-state index is 12.6. The number of likely N-dealkylation sites (N-methyl/N-ethyl adjacent to an activating group) is 1. The average Bonchev–Trinajstić information content (AvgIpc) is 3.06. The third-order valence-corrected chi connectivity index (χ3v) is 8.33. The third-order valence-electron chi connectivity index (χ3n) is 7.83. The Labute approximate surface area is 293 Å². The van der Waals surface area contributed by atoms with Crippen LogP contribution in [0.5, 0.6) is 11.5 Å². The molecular formula is C39H43Cl2NO6. The van der Waals surface area contributed by atoms with Crippen molar-refractivity contribution < 1.29 is 28.9 Å². The van der Waals surface area contributed by atoms with Crippen molar-refractivity contribution in [1.29, 1.82) is 0 Å². The molecule has 0 fully saturated rings. The van der Waals surface area contributed by atoms with E-state index in [0.29, 0.717) is 11.5 Å². The average molecular weight is 693 g/mol. The number of carbonyl (C=O) groups is 2. The summed E-state index contributed by atoms with van der Waals surface area (Å²) in [6.45, 7) is 7.29. The number of ether oxygens (including phenoxy) is 3. The second-order valence-electron chi connectivity index (χ2n) is 12.9. The van der Waals surface area contributed by atoms with Crippen molar-refractivity contribution in [2.75, 3.05) is 33.4 Å². The van der Waals surface area contributed by atoms with E-state index in [1.165, 1.54) is 28.8 Å². The molecule has 0 saturated carbocycles. The summed E-state index contributed by atoms with van der Waals surface area (Å²) in [5.74, 6) is -0.0623. The van der Waals surface area contributed by atoms with Crippen molar-refractivity contribution in [1.82, 2.24) is 4.90 Å². The van der Waals surface area contributed by atoms with Crippen LogP contribution in [0.15, 0.2) is 97.1 Å². The van der Waals surface area contributed by atoms with Crippen LogP contribution in [0.4, 0.5) is 0 Å². The van der Waals surface area contributed by atoms with Crippen LogP contribution in [-0.4, -0.2) is 61.4 Å². The molecule has 1 unspecified atom stereocenters. The molecule has 48 heavy (non-hydrogen) atoms. The smallest absolute Gasteiger partial charge is 0.335 e. The van der Waals surface area contributed by atoms with E-state index in [-0.39, 0.29) is 30.7 Å². The van der Waals surface area contributed by atoms with E-state index in [0.717, 1.165) is 36.0 Å². The van der Waals surface area contributed by atoms with Crippen molar-refractivity contribution in [3.63, 3.8) is 0 Å². The lowest BCUT2D eigenvalue weighted by Crippen LogP contribution is -2.35. The van der Waals surface area contributed by atoms with Crippen LogP contribution in [0.3, 0.4) is 0 Å². The first-order valence-corrected chi connectivity index (χ1v) is 16.7. The van der Waals surface area contributed by atoms with Crippen LogP contribution in [-0.2, 0) is 16.0 Å². The van der Waals surface area contributed by atoms with Gasteiger partial charge < -0.3 is 24.2 Å². The van der Waals surface area contributed by atoms with Crippen molar-refractivity contribution >= 4 is 35.1 Å². The summed E-state index contributed by atoms with van der Waals surface area (Å²) in [5.41, 5.74) is 3.09. The van der Waals surface area contributed by atoms with E-state index in [2.05, 4.69) is 48.3 Å². The van der Waals surface area contributed by atoms with Crippen LogP contribution in [0.25, 0.3) is 0 Å². The molecule has 0 aromatic heterocycles. The molecule has 4 aromatic carbocycles. The number of benzene rings is 4. The number of carboxylic acid groups (broad SMARTS) is 1. The quantitative estimate of drug-likeness (QED) is 0.118. The van der Waals surface area contributed by atoms with E-state index in [1.54, 1.807) is 32.9 Å². The molecule has 0 heterocycles. The Morgan fingerprint density at radius 2 is 1.23 bits per heavy atom. The molecule has 0 saturated heterocycles. The molecule has 7 nitrogen and oxygen atoms in total. The third kappa shape index (κ3) is 11.6. The van der Waals surface area contributed by atoms with Gasteiger partial charge >= 0.3 is 11.9 Å². The number of hydrogen-bond donors (Lipinski definition) is 1. The Hall–Kier alpha value is -4.04. The molecule has 1 atom stereocenters. The topological polar surface area (TPSA) is 85.3 Å². The highest BCUT2D eigenvalue weighted by Crippen LogP contribution is 2.28. The molecule has 9 heteroatoms. The first-order valence-electron chi connectivity index (χ1n) is 16.0. The van der Waals surface area contributed by atoms with Crippen LogP contribution in [0.2, 0.25) is 10.0 Å². The second-order valence-corrected chi connectivity index (χ2v) is 13.8. The fourth-order valence-corrected chi connectivity index (χ4v) is 5.27. The van der Waals surface area contributed by atoms with E-state index in [4.69, 9.17) is 42.5 Å². The van der Waals surface area contributed by atoms with Gasteiger partial charge in [0.1, 0.15) is 24.7 Å². The van der Waals surface area contributed by atoms with Crippen LogP contribution in [0, 0.1) is 5.41 Å². The molecule has 0 bridgehead atoms. The number of hydrogen-bond acceptors (Lipinski definition) is 6. The Kier molecular flexibility index (Phi) is 13.3. The van der Waals surface area contributed by atoms with Crippen molar-refractivity contribution in [2.24, 2.45) is 5.41 Å². The molecule has 4 aromatic rings. The number of aryl methyl sites for hydroxylation is 1. The number of halogens is 2. The number of nitrogens with zero attached hydrogens (tertiary/aromatic N) is 1. The van der Waals surface area contributed by atoms with Crippen molar-refractivity contribution in [3.05, 3.63) is 129 Å². The molecule has 4 rings (SSSR count). The summed E-state index contributed by atoms with van der Waals surface area (Å²) in [5, 5.41) is 10.6. The lowest BCUT2D eigenvalue weighted by atomic mass is 9.91. The van der Waals surface area contributed by atoms with E-state index in [9.17, 15) is 9.59 Å². The summed E-state index contributed by atoms with van der Waals surface area (Å²) in [6.07, 6.45) is 1.23. The minimum atomic E-state index is -1.01. The summed E-state index contributed by atoms with van der Waals surface area (Å²) in [4.78, 5) is 26.1. The highest BCUT2D eigenvalue weighted by Gasteiger charge is 2.27. The Morgan fingerprint density at radius 3 is 1.69 bits per heavy atom. The van der Waals surface area contributed by atoms with Gasteiger partial charge in [-0.05, 0) is 125 Å². The highest BCUT2D eigenvalue weighted by molar-refractivity contribution is 6.30. The molecule has 1 N–H and O–H groups in total. The van der Waals surface area contributed by atoms with Gasteiger partial charge in [0.2, 0.25) is 0 Å². The maximum atomic E-state index is 12.6. The predicted octanol–water partition coefficient (Wildman–Crippen LogP) is 8.80. The fraction of sp³-hybridized carbons (Fsp3) is 0.333. The summed E-state index contributed by atoms with van der Waals surface area (Å²) in [7, 11) is 2.15. The number of aromatic carboxylic acids is 1. The molecule has 0 aliphatic rings. The maximum Gasteiger partial charge on any atom is 0.335 e. The lowest BCUT2D eigenvalue weighted by molar-refractivity contribution is -0.161. The number of carboxylic acids is 1. The van der Waals surface area contributed by atoms with E-state index in [1.807, 2.05) is 36.4 Å². The van der Waals surface area contributed by atoms with Gasteiger partial charge in [0, 0.05) is 22.5 Å². The first-order chi connectivity index (χ1) is 22.9. The first kappa shape index (κ1) is 36.8. The molecule has 0 aliphatic carbocycles. The second kappa shape index (κ2) is 17.4. The standard InChI is InChI=1S/C39H43Cl2NO6/c1-39(2,3)38(45)48-35(26-47-34-21-13-30(14-22-34)37(43)44)25-46-33-19-7-27(8-20-33)6-5-23-42(4)24-36(28-9-15-31(40)16-10-28)29-11-17-32(41)18-12-29/h7-22,35-36H,5-6,23-26H2,1-4H3,(H,43,44). The van der Waals surface area contributed by atoms with Crippen molar-refractivity contribution in [3.8, 4) is 11.5 Å². The highest BCUT2D eigenvalue weighted by atomic mass is 35.5. The largest absolute Gasteiger partial charge is 0.490 e. The number of rotatable bonds is 16. The van der Waals surface area contributed by atoms with Gasteiger partial charge in [-0.15, -0.1) is 0 Å². The van der Waals surface area contributed by atoms with E-state index >= 15 is 0 Å². The molecule has 0 spiro atoms. The van der Waals surface area contributed by atoms with Crippen molar-refractivity contribution in [2.45, 2.75) is 45.6 Å². The summed E-state index contributed by atoms with van der Waals surface area (Å²) < 4.78 is 17.5. The van der Waals surface area contributed by atoms with Crippen LogP contribution < -0.4 is 9.47 Å². The Balaban J connectivity index is 1.28.